The lowest BCUT2D eigenvalue weighted by atomic mass is 9.96. The highest BCUT2D eigenvalue weighted by Crippen LogP contribution is 2.28. The molecule has 2 nitrogen and oxygen atoms in total. The van der Waals surface area contributed by atoms with Gasteiger partial charge in [0.2, 0.25) is 0 Å². The Balaban J connectivity index is 0.00000324. The van der Waals surface area contributed by atoms with E-state index < -0.39 is 0 Å². The predicted octanol–water partition coefficient (Wildman–Crippen LogP) is 4.30. The molecule has 0 aromatic heterocycles. The van der Waals surface area contributed by atoms with E-state index >= 15 is 0 Å². The molecule has 0 saturated heterocycles. The summed E-state index contributed by atoms with van der Waals surface area (Å²) in [6.45, 7) is 9.46. The Kier molecular flexibility index (Phi) is 8.86. The summed E-state index contributed by atoms with van der Waals surface area (Å²) in [6, 6.07) is 6.76. The third kappa shape index (κ3) is 5.84. The predicted molar refractivity (Wildman–Crippen MR) is 85.5 cm³/mol. The van der Waals surface area contributed by atoms with Gasteiger partial charge in [-0.1, -0.05) is 39.8 Å². The smallest absolute Gasteiger partial charge is 0.122 e. The largest absolute Gasteiger partial charge is 0.493 e. The number of nitrogens with two attached hydrogens (primary N) is 1. The van der Waals surface area contributed by atoms with Crippen molar-refractivity contribution in [1.29, 1.82) is 0 Å². The van der Waals surface area contributed by atoms with Crippen molar-refractivity contribution in [2.75, 3.05) is 6.61 Å². The van der Waals surface area contributed by atoms with Crippen molar-refractivity contribution in [2.45, 2.75) is 58.9 Å². The number of hydrogen-bond acceptors (Lipinski definition) is 2. The average Bonchev–Trinajstić information content (AvgIpc) is 2.36. The standard InChI is InChI=1S/C16H27NO.ClH/c1-5-9-18-16-8-7-13(10-14(17)6-2)11-15(16)12(3)4;/h7-8,11-12,14H,5-6,9-10,17H2,1-4H3;1H. The molecule has 0 amide bonds. The number of ether oxygens (including phenoxy) is 1. The zero-order chi connectivity index (χ0) is 13.5. The van der Waals surface area contributed by atoms with Gasteiger partial charge in [0, 0.05) is 6.04 Å². The van der Waals surface area contributed by atoms with Crippen molar-refractivity contribution >= 4 is 12.4 Å². The summed E-state index contributed by atoms with van der Waals surface area (Å²) in [7, 11) is 0. The first-order valence-electron chi connectivity index (χ1n) is 7.09. The summed E-state index contributed by atoms with van der Waals surface area (Å²) in [4.78, 5) is 0. The van der Waals surface area contributed by atoms with Crippen molar-refractivity contribution < 1.29 is 4.74 Å². The summed E-state index contributed by atoms with van der Waals surface area (Å²) in [6.07, 6.45) is 3.01. The zero-order valence-electron chi connectivity index (χ0n) is 12.6. The van der Waals surface area contributed by atoms with Gasteiger partial charge in [-0.25, -0.2) is 0 Å². The fourth-order valence-corrected chi connectivity index (χ4v) is 1.97. The van der Waals surface area contributed by atoms with Crippen molar-refractivity contribution in [3.8, 4) is 5.75 Å². The minimum absolute atomic E-state index is 0. The molecule has 0 radical (unpaired) electrons. The molecule has 1 unspecified atom stereocenters. The van der Waals surface area contributed by atoms with Crippen LogP contribution in [0.15, 0.2) is 18.2 Å². The first kappa shape index (κ1) is 18.3. The van der Waals surface area contributed by atoms with Crippen LogP contribution in [0.4, 0.5) is 0 Å². The lowest BCUT2D eigenvalue weighted by Crippen LogP contribution is -2.21. The number of hydrogen-bond donors (Lipinski definition) is 1. The third-order valence-corrected chi connectivity index (χ3v) is 3.18. The Hall–Kier alpha value is -0.730. The van der Waals surface area contributed by atoms with Gasteiger partial charge in [0.15, 0.2) is 0 Å². The summed E-state index contributed by atoms with van der Waals surface area (Å²) >= 11 is 0. The van der Waals surface area contributed by atoms with E-state index in [9.17, 15) is 0 Å². The third-order valence-electron chi connectivity index (χ3n) is 3.18. The Morgan fingerprint density at radius 1 is 1.21 bits per heavy atom. The molecule has 0 spiro atoms. The normalized spacial score (nSPS) is 12.1. The molecule has 3 heteroatoms. The summed E-state index contributed by atoms with van der Waals surface area (Å²) in [5, 5.41) is 0. The molecule has 0 aliphatic heterocycles. The molecular formula is C16H28ClNO. The van der Waals surface area contributed by atoms with Crippen LogP contribution in [0.1, 0.15) is 57.6 Å². The van der Waals surface area contributed by atoms with Crippen molar-refractivity contribution in [2.24, 2.45) is 5.73 Å². The van der Waals surface area contributed by atoms with Crippen LogP contribution in [0.5, 0.6) is 5.75 Å². The van der Waals surface area contributed by atoms with Crippen molar-refractivity contribution in [3.05, 3.63) is 29.3 Å². The fraction of sp³-hybridized carbons (Fsp3) is 0.625. The zero-order valence-corrected chi connectivity index (χ0v) is 13.4. The van der Waals surface area contributed by atoms with Gasteiger partial charge in [-0.05, 0) is 42.4 Å². The van der Waals surface area contributed by atoms with Crippen LogP contribution >= 0.6 is 12.4 Å². The van der Waals surface area contributed by atoms with E-state index in [0.29, 0.717) is 5.92 Å². The molecule has 0 saturated carbocycles. The second kappa shape index (κ2) is 9.22. The molecule has 1 aromatic rings. The van der Waals surface area contributed by atoms with Crippen LogP contribution in [0.2, 0.25) is 0 Å². The Morgan fingerprint density at radius 3 is 2.42 bits per heavy atom. The van der Waals surface area contributed by atoms with E-state index in [0.717, 1.165) is 31.6 Å². The second-order valence-electron chi connectivity index (χ2n) is 5.25. The van der Waals surface area contributed by atoms with Crippen LogP contribution < -0.4 is 10.5 Å². The van der Waals surface area contributed by atoms with E-state index in [-0.39, 0.29) is 18.4 Å². The maximum absolute atomic E-state index is 6.02. The van der Waals surface area contributed by atoms with Gasteiger partial charge < -0.3 is 10.5 Å². The van der Waals surface area contributed by atoms with Crippen LogP contribution in [0.3, 0.4) is 0 Å². The highest BCUT2D eigenvalue weighted by atomic mass is 35.5. The van der Waals surface area contributed by atoms with Gasteiger partial charge in [0.05, 0.1) is 6.61 Å². The summed E-state index contributed by atoms with van der Waals surface area (Å²) < 4.78 is 5.80. The molecule has 110 valence electrons. The van der Waals surface area contributed by atoms with Gasteiger partial charge in [-0.15, -0.1) is 12.4 Å². The minimum Gasteiger partial charge on any atom is -0.493 e. The number of rotatable bonds is 7. The van der Waals surface area contributed by atoms with E-state index in [1.165, 1.54) is 11.1 Å². The Bertz CT molecular complexity index is 366. The van der Waals surface area contributed by atoms with E-state index in [4.69, 9.17) is 10.5 Å². The Labute approximate surface area is 124 Å². The number of halogens is 1. The maximum Gasteiger partial charge on any atom is 0.122 e. The lowest BCUT2D eigenvalue weighted by Gasteiger charge is -2.16. The van der Waals surface area contributed by atoms with E-state index in [1.54, 1.807) is 0 Å². The maximum atomic E-state index is 6.02. The van der Waals surface area contributed by atoms with E-state index in [1.807, 2.05) is 0 Å². The second-order valence-corrected chi connectivity index (χ2v) is 5.25. The fourth-order valence-electron chi connectivity index (χ4n) is 1.97. The van der Waals surface area contributed by atoms with Crippen LogP contribution in [0.25, 0.3) is 0 Å². The van der Waals surface area contributed by atoms with Gasteiger partial charge in [-0.2, -0.15) is 0 Å². The lowest BCUT2D eigenvalue weighted by molar-refractivity contribution is 0.313. The monoisotopic (exact) mass is 285 g/mol. The van der Waals surface area contributed by atoms with Gasteiger partial charge in [-0.3, -0.25) is 0 Å². The van der Waals surface area contributed by atoms with Gasteiger partial charge in [0.1, 0.15) is 5.75 Å². The highest BCUT2D eigenvalue weighted by Gasteiger charge is 2.10. The molecule has 1 rings (SSSR count). The first-order chi connectivity index (χ1) is 8.58. The van der Waals surface area contributed by atoms with E-state index in [2.05, 4.69) is 45.9 Å². The minimum atomic E-state index is 0. The summed E-state index contributed by atoms with van der Waals surface area (Å²) in [5.74, 6) is 1.51. The molecule has 0 aliphatic carbocycles. The number of benzene rings is 1. The molecule has 0 aliphatic rings. The molecule has 1 atom stereocenters. The van der Waals surface area contributed by atoms with Gasteiger partial charge >= 0.3 is 0 Å². The van der Waals surface area contributed by atoms with Crippen LogP contribution in [-0.4, -0.2) is 12.6 Å². The van der Waals surface area contributed by atoms with Crippen molar-refractivity contribution in [1.82, 2.24) is 0 Å². The molecule has 0 bridgehead atoms. The van der Waals surface area contributed by atoms with Crippen LogP contribution in [-0.2, 0) is 6.42 Å². The SMILES string of the molecule is CCCOc1ccc(CC(N)CC)cc1C(C)C.Cl. The molecule has 2 N–H and O–H groups in total. The molecule has 0 heterocycles. The first-order valence-corrected chi connectivity index (χ1v) is 7.09. The molecular weight excluding hydrogens is 258 g/mol. The van der Waals surface area contributed by atoms with Crippen LogP contribution in [0, 0.1) is 0 Å². The average molecular weight is 286 g/mol. The Morgan fingerprint density at radius 2 is 1.89 bits per heavy atom. The molecule has 19 heavy (non-hydrogen) atoms. The summed E-state index contributed by atoms with van der Waals surface area (Å²) in [5.41, 5.74) is 8.63. The quantitative estimate of drug-likeness (QED) is 0.811. The highest BCUT2D eigenvalue weighted by molar-refractivity contribution is 5.85. The molecule has 1 aromatic carbocycles. The molecule has 0 fully saturated rings. The van der Waals surface area contributed by atoms with Crippen molar-refractivity contribution in [3.63, 3.8) is 0 Å². The van der Waals surface area contributed by atoms with Gasteiger partial charge in [0.25, 0.3) is 0 Å². The topological polar surface area (TPSA) is 35.2 Å².